The Morgan fingerprint density at radius 2 is 1.73 bits per heavy atom. The fraction of sp³-hybridized carbons (Fsp3) is 0.611. The Balaban J connectivity index is 2.32. The molecule has 4 nitrogen and oxygen atoms in total. The van der Waals surface area contributed by atoms with Gasteiger partial charge in [-0.25, -0.2) is 0 Å². The number of rotatable bonds is 10. The maximum Gasteiger partial charge on any atom is 0.243 e. The van der Waals surface area contributed by atoms with Crippen LogP contribution in [0.3, 0.4) is 0 Å². The standard InChI is InChI=1S/C18H30N2O2/c1-3-4-5-6-7-8-9-15-10-12-16(13-11-15)20-18(22)17(19)14(2)21/h10-14,17,21H,3-9,19H2,1-2H3,(H,20,22)/t14-,17+/m0/s1. The topological polar surface area (TPSA) is 75.4 Å². The Labute approximate surface area is 134 Å². The average molecular weight is 306 g/mol. The Hall–Kier alpha value is -1.39. The molecule has 0 aromatic heterocycles. The van der Waals surface area contributed by atoms with Gasteiger partial charge in [-0.05, 0) is 37.5 Å². The van der Waals surface area contributed by atoms with Gasteiger partial charge in [-0.15, -0.1) is 0 Å². The van der Waals surface area contributed by atoms with Gasteiger partial charge in [0.1, 0.15) is 6.04 Å². The maximum absolute atomic E-state index is 11.7. The van der Waals surface area contributed by atoms with Crippen LogP contribution < -0.4 is 11.1 Å². The number of nitrogens with two attached hydrogens (primary N) is 1. The second kappa shape index (κ2) is 10.4. The number of carbonyl (C=O) groups excluding carboxylic acids is 1. The molecule has 1 aromatic carbocycles. The van der Waals surface area contributed by atoms with Crippen LogP contribution in [0.25, 0.3) is 0 Å². The highest BCUT2D eigenvalue weighted by molar-refractivity contribution is 5.95. The molecule has 0 aliphatic heterocycles. The lowest BCUT2D eigenvalue weighted by atomic mass is 10.0. The molecule has 4 N–H and O–H groups in total. The molecule has 2 atom stereocenters. The molecule has 22 heavy (non-hydrogen) atoms. The van der Waals surface area contributed by atoms with Crippen molar-refractivity contribution in [3.63, 3.8) is 0 Å². The van der Waals surface area contributed by atoms with Crippen LogP contribution in [0.2, 0.25) is 0 Å². The molecular weight excluding hydrogens is 276 g/mol. The number of aryl methyl sites for hydroxylation is 1. The lowest BCUT2D eigenvalue weighted by Gasteiger charge is -2.14. The van der Waals surface area contributed by atoms with Crippen molar-refractivity contribution in [2.75, 3.05) is 5.32 Å². The second-order valence-electron chi connectivity index (χ2n) is 5.97. The normalized spacial score (nSPS) is 13.6. The second-order valence-corrected chi connectivity index (χ2v) is 5.97. The number of amides is 1. The van der Waals surface area contributed by atoms with E-state index in [-0.39, 0.29) is 5.91 Å². The molecule has 1 amide bonds. The van der Waals surface area contributed by atoms with E-state index >= 15 is 0 Å². The molecule has 0 bridgehead atoms. The first-order valence-electron chi connectivity index (χ1n) is 8.38. The summed E-state index contributed by atoms with van der Waals surface area (Å²) >= 11 is 0. The third-order valence-corrected chi connectivity index (χ3v) is 3.86. The van der Waals surface area contributed by atoms with E-state index in [1.807, 2.05) is 24.3 Å². The van der Waals surface area contributed by atoms with E-state index in [0.717, 1.165) is 6.42 Å². The molecular formula is C18H30N2O2. The zero-order chi connectivity index (χ0) is 16.4. The number of unbranched alkanes of at least 4 members (excludes halogenated alkanes) is 5. The van der Waals surface area contributed by atoms with Crippen LogP contribution in [-0.2, 0) is 11.2 Å². The predicted molar refractivity (Wildman–Crippen MR) is 91.8 cm³/mol. The Morgan fingerprint density at radius 1 is 1.14 bits per heavy atom. The smallest absolute Gasteiger partial charge is 0.243 e. The summed E-state index contributed by atoms with van der Waals surface area (Å²) in [6.45, 7) is 3.74. The summed E-state index contributed by atoms with van der Waals surface area (Å²) in [6, 6.07) is 6.95. The van der Waals surface area contributed by atoms with Gasteiger partial charge in [0, 0.05) is 5.69 Å². The SMILES string of the molecule is CCCCCCCCc1ccc(NC(=O)[C@H](N)[C@H](C)O)cc1. The molecule has 4 heteroatoms. The highest BCUT2D eigenvalue weighted by Crippen LogP contribution is 2.14. The van der Waals surface area contributed by atoms with Crippen molar-refractivity contribution in [2.45, 2.75) is 70.9 Å². The van der Waals surface area contributed by atoms with Gasteiger partial charge in [-0.3, -0.25) is 4.79 Å². The summed E-state index contributed by atoms with van der Waals surface area (Å²) < 4.78 is 0. The lowest BCUT2D eigenvalue weighted by Crippen LogP contribution is -2.43. The summed E-state index contributed by atoms with van der Waals surface area (Å²) in [6.07, 6.45) is 7.99. The lowest BCUT2D eigenvalue weighted by molar-refractivity contribution is -0.119. The largest absolute Gasteiger partial charge is 0.391 e. The zero-order valence-electron chi connectivity index (χ0n) is 13.8. The molecule has 0 heterocycles. The van der Waals surface area contributed by atoms with E-state index in [9.17, 15) is 9.90 Å². The summed E-state index contributed by atoms with van der Waals surface area (Å²) in [4.78, 5) is 11.7. The highest BCUT2D eigenvalue weighted by atomic mass is 16.3. The molecule has 0 aliphatic carbocycles. The number of carbonyl (C=O) groups is 1. The number of aliphatic hydroxyl groups is 1. The molecule has 0 radical (unpaired) electrons. The van der Waals surface area contributed by atoms with Crippen LogP contribution >= 0.6 is 0 Å². The van der Waals surface area contributed by atoms with Crippen molar-refractivity contribution < 1.29 is 9.90 Å². The molecule has 0 saturated carbocycles. The Bertz CT molecular complexity index is 429. The summed E-state index contributed by atoms with van der Waals surface area (Å²) in [5.41, 5.74) is 7.59. The van der Waals surface area contributed by atoms with Crippen LogP contribution in [-0.4, -0.2) is 23.2 Å². The number of nitrogens with one attached hydrogen (secondary N) is 1. The van der Waals surface area contributed by atoms with Crippen molar-refractivity contribution in [3.8, 4) is 0 Å². The van der Waals surface area contributed by atoms with Gasteiger partial charge in [0.25, 0.3) is 0 Å². The molecule has 0 spiro atoms. The molecule has 1 aromatic rings. The van der Waals surface area contributed by atoms with Gasteiger partial charge in [0.05, 0.1) is 6.10 Å². The van der Waals surface area contributed by atoms with E-state index in [1.165, 1.54) is 51.0 Å². The number of anilines is 1. The Kier molecular flexibility index (Phi) is 8.78. The average Bonchev–Trinajstić information content (AvgIpc) is 2.51. The highest BCUT2D eigenvalue weighted by Gasteiger charge is 2.18. The minimum absolute atomic E-state index is 0.362. The molecule has 124 valence electrons. The van der Waals surface area contributed by atoms with Gasteiger partial charge in [-0.2, -0.15) is 0 Å². The zero-order valence-corrected chi connectivity index (χ0v) is 13.8. The monoisotopic (exact) mass is 306 g/mol. The summed E-state index contributed by atoms with van der Waals surface area (Å²) in [5, 5.41) is 12.0. The number of aliphatic hydroxyl groups excluding tert-OH is 1. The number of hydrogen-bond acceptors (Lipinski definition) is 3. The summed E-state index contributed by atoms with van der Waals surface area (Å²) in [5.74, 6) is -0.362. The van der Waals surface area contributed by atoms with Crippen LogP contribution in [0.4, 0.5) is 5.69 Å². The van der Waals surface area contributed by atoms with Crippen molar-refractivity contribution >= 4 is 11.6 Å². The maximum atomic E-state index is 11.7. The van der Waals surface area contributed by atoms with Crippen molar-refractivity contribution in [1.29, 1.82) is 0 Å². The van der Waals surface area contributed by atoms with Gasteiger partial charge < -0.3 is 16.2 Å². The molecule has 0 saturated heterocycles. The van der Waals surface area contributed by atoms with Gasteiger partial charge >= 0.3 is 0 Å². The van der Waals surface area contributed by atoms with E-state index in [2.05, 4.69) is 12.2 Å². The van der Waals surface area contributed by atoms with Crippen LogP contribution in [0, 0.1) is 0 Å². The fourth-order valence-electron chi connectivity index (χ4n) is 2.31. The predicted octanol–water partition coefficient (Wildman–Crippen LogP) is 3.24. The van der Waals surface area contributed by atoms with Crippen LogP contribution in [0.5, 0.6) is 0 Å². The van der Waals surface area contributed by atoms with Crippen molar-refractivity contribution in [3.05, 3.63) is 29.8 Å². The summed E-state index contributed by atoms with van der Waals surface area (Å²) in [7, 11) is 0. The molecule has 0 fully saturated rings. The third-order valence-electron chi connectivity index (χ3n) is 3.86. The minimum Gasteiger partial charge on any atom is -0.391 e. The van der Waals surface area contributed by atoms with Gasteiger partial charge in [0.15, 0.2) is 0 Å². The van der Waals surface area contributed by atoms with Gasteiger partial charge in [-0.1, -0.05) is 51.2 Å². The van der Waals surface area contributed by atoms with E-state index < -0.39 is 12.1 Å². The third kappa shape index (κ3) is 7.05. The molecule has 1 rings (SSSR count). The number of benzene rings is 1. The first-order chi connectivity index (χ1) is 10.5. The Morgan fingerprint density at radius 3 is 2.32 bits per heavy atom. The van der Waals surface area contributed by atoms with Crippen LogP contribution in [0.15, 0.2) is 24.3 Å². The first-order valence-corrected chi connectivity index (χ1v) is 8.38. The van der Waals surface area contributed by atoms with E-state index in [0.29, 0.717) is 5.69 Å². The van der Waals surface area contributed by atoms with Gasteiger partial charge in [0.2, 0.25) is 5.91 Å². The van der Waals surface area contributed by atoms with E-state index in [4.69, 9.17) is 5.73 Å². The molecule has 0 aliphatic rings. The van der Waals surface area contributed by atoms with E-state index in [1.54, 1.807) is 0 Å². The van der Waals surface area contributed by atoms with Crippen molar-refractivity contribution in [2.24, 2.45) is 5.73 Å². The minimum atomic E-state index is -0.900. The first kappa shape index (κ1) is 18.7. The van der Waals surface area contributed by atoms with Crippen LogP contribution in [0.1, 0.15) is 57.9 Å². The quantitative estimate of drug-likeness (QED) is 0.581. The number of hydrogen-bond donors (Lipinski definition) is 3. The molecule has 0 unspecified atom stereocenters. The van der Waals surface area contributed by atoms with Crippen molar-refractivity contribution in [1.82, 2.24) is 0 Å². The fourth-order valence-corrected chi connectivity index (χ4v) is 2.31.